The van der Waals surface area contributed by atoms with Crippen LogP contribution in [0.15, 0.2) is 0 Å². The molecule has 0 heterocycles. The molecule has 0 saturated carbocycles. The third kappa shape index (κ3) is 8.17. The first-order valence-electron chi connectivity index (χ1n) is 3.41. The highest BCUT2D eigenvalue weighted by Gasteiger charge is 2.26. The van der Waals surface area contributed by atoms with E-state index in [0.29, 0.717) is 0 Å². The van der Waals surface area contributed by atoms with Crippen LogP contribution in [0.2, 0.25) is 0 Å². The molecule has 0 saturated heterocycles. The van der Waals surface area contributed by atoms with Crippen LogP contribution in [0.5, 0.6) is 0 Å². The number of carboxylic acids is 2. The maximum Gasteiger partial charge on any atom is 0.318 e. The summed E-state index contributed by atoms with van der Waals surface area (Å²) in [6.07, 6.45) is 0. The molecule has 84 valence electrons. The predicted molar refractivity (Wildman–Crippen MR) is 55.0 cm³/mol. The van der Waals surface area contributed by atoms with Gasteiger partial charge in [0.05, 0.1) is 13.2 Å². The van der Waals surface area contributed by atoms with Gasteiger partial charge >= 0.3 is 11.9 Å². The smallest absolute Gasteiger partial charge is 0.318 e. The summed E-state index contributed by atoms with van der Waals surface area (Å²) in [5.41, 5.74) is 0. The Bertz CT molecular complexity index is 165. The average Bonchev–Trinajstić information content (AvgIpc) is 2.15. The number of aliphatic hydroxyl groups excluding tert-OH is 2. The molecular formula is C6H12O6S2. The lowest BCUT2D eigenvalue weighted by atomic mass is 10.3. The Morgan fingerprint density at radius 2 is 1.14 bits per heavy atom. The zero-order chi connectivity index (χ0) is 11.7. The molecule has 0 fully saturated rings. The van der Waals surface area contributed by atoms with Crippen LogP contribution < -0.4 is 0 Å². The second-order valence-electron chi connectivity index (χ2n) is 2.01. The normalized spacial score (nSPS) is 13.4. The van der Waals surface area contributed by atoms with E-state index in [1.54, 1.807) is 0 Å². The zero-order valence-corrected chi connectivity index (χ0v) is 8.86. The second-order valence-corrected chi connectivity index (χ2v) is 3.13. The van der Waals surface area contributed by atoms with Crippen molar-refractivity contribution >= 4 is 37.2 Å². The first-order valence-corrected chi connectivity index (χ1v) is 4.45. The molecule has 0 bridgehead atoms. The van der Waals surface area contributed by atoms with Crippen LogP contribution >= 0.6 is 25.3 Å². The van der Waals surface area contributed by atoms with Gasteiger partial charge in [-0.1, -0.05) is 0 Å². The molecule has 2 unspecified atom stereocenters. The molecule has 8 heteroatoms. The molecular weight excluding hydrogens is 232 g/mol. The minimum Gasteiger partial charge on any atom is -0.480 e. The van der Waals surface area contributed by atoms with Gasteiger partial charge in [-0.15, -0.1) is 0 Å². The van der Waals surface area contributed by atoms with E-state index in [4.69, 9.17) is 20.4 Å². The fourth-order valence-corrected chi connectivity index (χ4v) is 0.525. The van der Waals surface area contributed by atoms with E-state index >= 15 is 0 Å². The zero-order valence-electron chi connectivity index (χ0n) is 7.07. The van der Waals surface area contributed by atoms with Gasteiger partial charge in [-0.05, 0) is 0 Å². The van der Waals surface area contributed by atoms with Gasteiger partial charge in [0.2, 0.25) is 0 Å². The van der Waals surface area contributed by atoms with Gasteiger partial charge in [0.25, 0.3) is 0 Å². The van der Waals surface area contributed by atoms with E-state index < -0.39 is 22.4 Å². The number of carbonyl (C=O) groups is 2. The number of rotatable bonds is 4. The van der Waals surface area contributed by atoms with Crippen molar-refractivity contribution in [2.24, 2.45) is 0 Å². The average molecular weight is 244 g/mol. The molecule has 14 heavy (non-hydrogen) atoms. The first kappa shape index (κ1) is 16.0. The maximum absolute atomic E-state index is 10.1. The number of carboxylic acid groups (broad SMARTS) is 2. The van der Waals surface area contributed by atoms with E-state index in [1.807, 2.05) is 0 Å². The highest BCUT2D eigenvalue weighted by molar-refractivity contribution is 7.86. The Morgan fingerprint density at radius 3 is 1.21 bits per heavy atom. The lowest BCUT2D eigenvalue weighted by molar-refractivity contribution is -0.142. The number of aliphatic carboxylic acids is 2. The van der Waals surface area contributed by atoms with Crippen molar-refractivity contribution in [3.63, 3.8) is 0 Å². The number of hydrogen-bond donors (Lipinski definition) is 6. The lowest BCUT2D eigenvalue weighted by Gasteiger charge is -2.07. The number of aliphatic hydroxyl groups is 2. The summed E-state index contributed by atoms with van der Waals surface area (Å²) < 4.78 is 0. The number of thiol groups is 2. The van der Waals surface area contributed by atoms with Gasteiger partial charge in [-0.25, -0.2) is 0 Å². The van der Waals surface area contributed by atoms with Gasteiger partial charge in [-0.3, -0.25) is 9.59 Å². The molecule has 0 aliphatic rings. The molecule has 2 atom stereocenters. The van der Waals surface area contributed by atoms with Crippen molar-refractivity contribution in [2.75, 3.05) is 13.2 Å². The Hall–Kier alpha value is -0.440. The molecule has 0 aromatic carbocycles. The summed E-state index contributed by atoms with van der Waals surface area (Å²) in [6.45, 7) is -0.250. The van der Waals surface area contributed by atoms with Crippen LogP contribution in [0.4, 0.5) is 0 Å². The van der Waals surface area contributed by atoms with E-state index in [0.717, 1.165) is 0 Å². The van der Waals surface area contributed by atoms with E-state index in [1.165, 1.54) is 0 Å². The number of hydrogen-bond acceptors (Lipinski definition) is 6. The molecule has 0 aliphatic heterocycles. The highest BCUT2D eigenvalue weighted by Crippen LogP contribution is 2.08. The quantitative estimate of drug-likeness (QED) is 0.343. The largest absolute Gasteiger partial charge is 0.480 e. The molecule has 0 spiro atoms. The summed E-state index contributed by atoms with van der Waals surface area (Å²) in [5, 5.41) is 29.1. The SMILES string of the molecule is O=C(O)C(S)C(S)C(=O)O.OCCO. The highest BCUT2D eigenvalue weighted by atomic mass is 32.1. The van der Waals surface area contributed by atoms with E-state index in [2.05, 4.69) is 25.3 Å². The van der Waals surface area contributed by atoms with E-state index in [9.17, 15) is 9.59 Å². The van der Waals surface area contributed by atoms with Crippen LogP contribution in [0.25, 0.3) is 0 Å². The van der Waals surface area contributed by atoms with Gasteiger partial charge in [0.15, 0.2) is 0 Å². The van der Waals surface area contributed by atoms with Gasteiger partial charge < -0.3 is 20.4 Å². The molecule has 0 radical (unpaired) electrons. The third-order valence-electron chi connectivity index (χ3n) is 0.905. The topological polar surface area (TPSA) is 115 Å². The van der Waals surface area contributed by atoms with Crippen molar-refractivity contribution in [3.8, 4) is 0 Å². The second kappa shape index (κ2) is 9.13. The Kier molecular flexibility index (Phi) is 10.4. The summed E-state index contributed by atoms with van der Waals surface area (Å²) >= 11 is 7.00. The molecule has 0 amide bonds. The third-order valence-corrected chi connectivity index (χ3v) is 2.18. The van der Waals surface area contributed by atoms with Crippen LogP contribution in [0, 0.1) is 0 Å². The van der Waals surface area contributed by atoms with Crippen LogP contribution in [0.1, 0.15) is 0 Å². The van der Waals surface area contributed by atoms with Gasteiger partial charge in [0.1, 0.15) is 10.5 Å². The lowest BCUT2D eigenvalue weighted by Crippen LogP contribution is -2.31. The molecule has 0 aliphatic carbocycles. The Labute approximate surface area is 91.4 Å². The van der Waals surface area contributed by atoms with Crippen LogP contribution in [-0.4, -0.2) is 56.1 Å². The van der Waals surface area contributed by atoms with Crippen molar-refractivity contribution < 1.29 is 30.0 Å². The molecule has 0 aromatic rings. The molecule has 0 rings (SSSR count). The minimum absolute atomic E-state index is 0.125. The first-order chi connectivity index (χ1) is 6.38. The molecule has 0 aromatic heterocycles. The summed E-state index contributed by atoms with van der Waals surface area (Å²) in [5.74, 6) is -2.57. The monoisotopic (exact) mass is 244 g/mol. The Balaban J connectivity index is 0. The van der Waals surface area contributed by atoms with Crippen molar-refractivity contribution in [1.29, 1.82) is 0 Å². The fourth-order valence-electron chi connectivity index (χ4n) is 0.270. The minimum atomic E-state index is -1.29. The Morgan fingerprint density at radius 1 is 0.929 bits per heavy atom. The summed E-state index contributed by atoms with van der Waals surface area (Å²) in [6, 6.07) is 0. The summed E-state index contributed by atoms with van der Waals surface area (Å²) in [7, 11) is 0. The fraction of sp³-hybridized carbons (Fsp3) is 0.667. The molecule has 4 N–H and O–H groups in total. The van der Waals surface area contributed by atoms with Gasteiger partial charge in [0, 0.05) is 0 Å². The predicted octanol–water partition coefficient (Wildman–Crippen LogP) is -1.28. The van der Waals surface area contributed by atoms with Crippen molar-refractivity contribution in [1.82, 2.24) is 0 Å². The van der Waals surface area contributed by atoms with Crippen LogP contribution in [0.3, 0.4) is 0 Å². The molecule has 6 nitrogen and oxygen atoms in total. The van der Waals surface area contributed by atoms with E-state index in [-0.39, 0.29) is 13.2 Å². The summed E-state index contributed by atoms with van der Waals surface area (Å²) in [4.78, 5) is 20.1. The van der Waals surface area contributed by atoms with Gasteiger partial charge in [-0.2, -0.15) is 25.3 Å². The van der Waals surface area contributed by atoms with Crippen molar-refractivity contribution in [3.05, 3.63) is 0 Å². The van der Waals surface area contributed by atoms with Crippen LogP contribution in [-0.2, 0) is 9.59 Å². The maximum atomic E-state index is 10.1. The standard InChI is InChI=1S/C4H6O4S2.C2H6O2/c5-3(6)1(9)2(10)4(7)8;3-1-2-4/h1-2,9-10H,(H,5,6)(H,7,8);3-4H,1-2H2. The van der Waals surface area contributed by atoms with Crippen molar-refractivity contribution in [2.45, 2.75) is 10.5 Å².